The van der Waals surface area contributed by atoms with Crippen LogP contribution in [0.15, 0.2) is 24.5 Å². The first-order valence-electron chi connectivity index (χ1n) is 5.85. The summed E-state index contributed by atoms with van der Waals surface area (Å²) in [4.78, 5) is 28.2. The highest BCUT2D eigenvalue weighted by Gasteiger charge is 2.24. The van der Waals surface area contributed by atoms with Crippen LogP contribution in [0.5, 0.6) is 0 Å². The largest absolute Gasteiger partial charge is 0.465 e. The van der Waals surface area contributed by atoms with Gasteiger partial charge >= 0.3 is 6.09 Å². The summed E-state index contributed by atoms with van der Waals surface area (Å²) in [5.41, 5.74) is 0.571. The Kier molecular flexibility index (Phi) is 3.76. The molecule has 2 rings (SSSR count). The van der Waals surface area contributed by atoms with E-state index in [1.54, 1.807) is 29.4 Å². The fraction of sp³-hybridized carbons (Fsp3) is 0.417. The second-order valence-electron chi connectivity index (χ2n) is 4.26. The molecular formula is C12H15N3O3. The number of amides is 2. The molecule has 1 fully saturated rings. The number of rotatable bonds is 2. The minimum atomic E-state index is -1.01. The lowest BCUT2D eigenvalue weighted by Crippen LogP contribution is -2.46. The van der Waals surface area contributed by atoms with Crippen molar-refractivity contribution in [2.75, 3.05) is 13.1 Å². The molecule has 0 spiro atoms. The van der Waals surface area contributed by atoms with E-state index in [-0.39, 0.29) is 11.9 Å². The van der Waals surface area contributed by atoms with E-state index in [0.717, 1.165) is 0 Å². The molecule has 18 heavy (non-hydrogen) atoms. The van der Waals surface area contributed by atoms with Crippen LogP contribution in [0.1, 0.15) is 23.2 Å². The molecule has 1 aromatic heterocycles. The number of carboxylic acid groups (broad SMARTS) is 1. The average Bonchev–Trinajstić information content (AvgIpc) is 2.39. The second kappa shape index (κ2) is 5.48. The van der Waals surface area contributed by atoms with Gasteiger partial charge in [0.05, 0.1) is 5.56 Å². The summed E-state index contributed by atoms with van der Waals surface area (Å²) in [7, 11) is 0. The van der Waals surface area contributed by atoms with Crippen LogP contribution in [0.3, 0.4) is 0 Å². The number of carbonyl (C=O) groups excluding carboxylic acids is 1. The number of nitrogens with zero attached hydrogens (tertiary/aromatic N) is 2. The van der Waals surface area contributed by atoms with Crippen LogP contribution in [0, 0.1) is 0 Å². The lowest BCUT2D eigenvalue weighted by molar-refractivity contribution is 0.0705. The SMILES string of the molecule is O=C(O)NC1CCN(C(=O)c2cccnc2)CC1. The average molecular weight is 249 g/mol. The third kappa shape index (κ3) is 2.97. The Balaban J connectivity index is 1.90. The molecule has 0 saturated carbocycles. The van der Waals surface area contributed by atoms with Gasteiger partial charge in [-0.25, -0.2) is 4.79 Å². The zero-order valence-electron chi connectivity index (χ0n) is 9.87. The van der Waals surface area contributed by atoms with Gasteiger partial charge in [0.2, 0.25) is 0 Å². The van der Waals surface area contributed by atoms with Crippen molar-refractivity contribution in [3.63, 3.8) is 0 Å². The van der Waals surface area contributed by atoms with Crippen LogP contribution >= 0.6 is 0 Å². The van der Waals surface area contributed by atoms with Gasteiger partial charge in [-0.3, -0.25) is 9.78 Å². The van der Waals surface area contributed by atoms with Crippen molar-refractivity contribution in [2.45, 2.75) is 18.9 Å². The first-order valence-corrected chi connectivity index (χ1v) is 5.85. The van der Waals surface area contributed by atoms with Gasteiger partial charge in [-0.05, 0) is 25.0 Å². The Hall–Kier alpha value is -2.11. The molecule has 6 nitrogen and oxygen atoms in total. The molecule has 2 amide bonds. The molecule has 0 unspecified atom stereocenters. The van der Waals surface area contributed by atoms with Gasteiger partial charge in [0, 0.05) is 31.5 Å². The molecule has 1 aliphatic heterocycles. The van der Waals surface area contributed by atoms with Crippen LogP contribution < -0.4 is 5.32 Å². The molecule has 2 heterocycles. The normalized spacial score (nSPS) is 16.3. The summed E-state index contributed by atoms with van der Waals surface area (Å²) in [5, 5.41) is 11.1. The maximum Gasteiger partial charge on any atom is 0.404 e. The summed E-state index contributed by atoms with van der Waals surface area (Å²) in [6, 6.07) is 3.41. The van der Waals surface area contributed by atoms with Crippen molar-refractivity contribution >= 4 is 12.0 Å². The molecular weight excluding hydrogens is 234 g/mol. The van der Waals surface area contributed by atoms with E-state index in [0.29, 0.717) is 31.5 Å². The minimum Gasteiger partial charge on any atom is -0.465 e. The maximum absolute atomic E-state index is 12.1. The number of hydrogen-bond donors (Lipinski definition) is 2. The van der Waals surface area contributed by atoms with Crippen molar-refractivity contribution in [1.82, 2.24) is 15.2 Å². The summed E-state index contributed by atoms with van der Waals surface area (Å²) in [5.74, 6) is -0.0446. The van der Waals surface area contributed by atoms with Crippen LogP contribution in [-0.2, 0) is 0 Å². The van der Waals surface area contributed by atoms with Crippen LogP contribution in [0.2, 0.25) is 0 Å². The number of pyridine rings is 1. The van der Waals surface area contributed by atoms with Crippen LogP contribution in [0.4, 0.5) is 4.79 Å². The highest BCUT2D eigenvalue weighted by Crippen LogP contribution is 2.13. The van der Waals surface area contributed by atoms with E-state index in [4.69, 9.17) is 5.11 Å². The van der Waals surface area contributed by atoms with E-state index >= 15 is 0 Å². The van der Waals surface area contributed by atoms with Crippen molar-refractivity contribution in [2.24, 2.45) is 0 Å². The fourth-order valence-electron chi connectivity index (χ4n) is 2.07. The van der Waals surface area contributed by atoms with Crippen molar-refractivity contribution in [3.05, 3.63) is 30.1 Å². The van der Waals surface area contributed by atoms with Crippen molar-refractivity contribution in [3.8, 4) is 0 Å². The Bertz CT molecular complexity index is 427. The zero-order chi connectivity index (χ0) is 13.0. The maximum atomic E-state index is 12.1. The summed E-state index contributed by atoms with van der Waals surface area (Å²) in [6.45, 7) is 1.14. The molecule has 0 aromatic carbocycles. The van der Waals surface area contributed by atoms with Crippen molar-refractivity contribution < 1.29 is 14.7 Å². The molecule has 1 aromatic rings. The number of hydrogen-bond acceptors (Lipinski definition) is 3. The number of likely N-dealkylation sites (tertiary alicyclic amines) is 1. The zero-order valence-corrected chi connectivity index (χ0v) is 9.87. The van der Waals surface area contributed by atoms with Gasteiger partial charge in [0.1, 0.15) is 0 Å². The summed E-state index contributed by atoms with van der Waals surface area (Å²) >= 11 is 0. The first-order chi connectivity index (χ1) is 8.66. The molecule has 1 aliphatic rings. The fourth-order valence-corrected chi connectivity index (χ4v) is 2.07. The standard InChI is InChI=1S/C12H15N3O3/c16-11(9-2-1-5-13-8-9)15-6-3-10(4-7-15)14-12(17)18/h1-2,5,8,10,14H,3-4,6-7H2,(H,17,18). The lowest BCUT2D eigenvalue weighted by Gasteiger charge is -2.31. The van der Waals surface area contributed by atoms with Gasteiger partial charge in [0.15, 0.2) is 0 Å². The lowest BCUT2D eigenvalue weighted by atomic mass is 10.0. The Morgan fingerprint density at radius 2 is 2.11 bits per heavy atom. The van der Waals surface area contributed by atoms with E-state index in [2.05, 4.69) is 10.3 Å². The topological polar surface area (TPSA) is 82.5 Å². The van der Waals surface area contributed by atoms with Gasteiger partial charge in [-0.1, -0.05) is 0 Å². The molecule has 6 heteroatoms. The smallest absolute Gasteiger partial charge is 0.404 e. The van der Waals surface area contributed by atoms with E-state index in [9.17, 15) is 9.59 Å². The van der Waals surface area contributed by atoms with Gasteiger partial charge in [-0.2, -0.15) is 0 Å². The third-order valence-corrected chi connectivity index (χ3v) is 3.02. The number of carbonyl (C=O) groups is 2. The highest BCUT2D eigenvalue weighted by atomic mass is 16.4. The second-order valence-corrected chi connectivity index (χ2v) is 4.26. The molecule has 96 valence electrons. The molecule has 1 saturated heterocycles. The Morgan fingerprint density at radius 3 is 2.67 bits per heavy atom. The predicted molar refractivity (Wildman–Crippen MR) is 64.3 cm³/mol. The number of aromatic nitrogens is 1. The van der Waals surface area contributed by atoms with Gasteiger partial charge in [-0.15, -0.1) is 0 Å². The van der Waals surface area contributed by atoms with Crippen molar-refractivity contribution in [1.29, 1.82) is 0 Å². The summed E-state index contributed by atoms with van der Waals surface area (Å²) < 4.78 is 0. The Labute approximate surface area is 105 Å². The first kappa shape index (κ1) is 12.3. The highest BCUT2D eigenvalue weighted by molar-refractivity contribution is 5.93. The van der Waals surface area contributed by atoms with E-state index in [1.807, 2.05) is 0 Å². The number of piperidine rings is 1. The molecule has 0 atom stereocenters. The Morgan fingerprint density at radius 1 is 1.39 bits per heavy atom. The number of nitrogens with one attached hydrogen (secondary N) is 1. The predicted octanol–water partition coefficient (Wildman–Crippen LogP) is 0.954. The van der Waals surface area contributed by atoms with Crippen LogP contribution in [-0.4, -0.2) is 46.1 Å². The quantitative estimate of drug-likeness (QED) is 0.817. The molecule has 2 N–H and O–H groups in total. The summed E-state index contributed by atoms with van der Waals surface area (Å²) in [6.07, 6.45) is 3.47. The van der Waals surface area contributed by atoms with Gasteiger partial charge < -0.3 is 15.3 Å². The molecule has 0 aliphatic carbocycles. The monoisotopic (exact) mass is 249 g/mol. The third-order valence-electron chi connectivity index (χ3n) is 3.02. The van der Waals surface area contributed by atoms with E-state index < -0.39 is 6.09 Å². The van der Waals surface area contributed by atoms with Gasteiger partial charge in [0.25, 0.3) is 5.91 Å². The van der Waals surface area contributed by atoms with E-state index in [1.165, 1.54) is 0 Å². The van der Waals surface area contributed by atoms with Crippen LogP contribution in [0.25, 0.3) is 0 Å². The minimum absolute atomic E-state index is 0.0446. The molecule has 0 bridgehead atoms. The molecule has 0 radical (unpaired) electrons.